The van der Waals surface area contributed by atoms with Crippen molar-refractivity contribution in [3.8, 4) is 0 Å². The molecule has 3 nitrogen and oxygen atoms in total. The first-order chi connectivity index (χ1) is 7.30. The zero-order valence-electron chi connectivity index (χ0n) is 8.49. The number of benzene rings is 1. The molecule has 1 aliphatic carbocycles. The molecule has 3 heteroatoms. The van der Waals surface area contributed by atoms with Crippen LogP contribution in [-0.2, 0) is 4.79 Å². The monoisotopic (exact) mass is 202 g/mol. The number of amides is 1. The number of hydrogen-bond donors (Lipinski definition) is 2. The van der Waals surface area contributed by atoms with Crippen LogP contribution < -0.4 is 10.6 Å². The van der Waals surface area contributed by atoms with Gasteiger partial charge in [-0.2, -0.15) is 0 Å². The van der Waals surface area contributed by atoms with Crippen molar-refractivity contribution in [1.29, 1.82) is 0 Å². The van der Waals surface area contributed by atoms with Crippen molar-refractivity contribution >= 4 is 5.91 Å². The molecule has 1 saturated heterocycles. The van der Waals surface area contributed by atoms with Crippen LogP contribution in [0.1, 0.15) is 24.4 Å². The van der Waals surface area contributed by atoms with E-state index in [4.69, 9.17) is 0 Å². The van der Waals surface area contributed by atoms with E-state index in [1.165, 1.54) is 5.56 Å². The standard InChI is InChI=1S/C12H14N2O/c15-10-8-13-11(12(14-10)6-7-12)9-4-2-1-3-5-9/h1-5,11,13H,6-8H2,(H,14,15). The molecular weight excluding hydrogens is 188 g/mol. The zero-order chi connectivity index (χ0) is 10.3. The fourth-order valence-corrected chi connectivity index (χ4v) is 2.41. The number of piperazine rings is 1. The molecule has 1 aromatic carbocycles. The molecule has 0 bridgehead atoms. The van der Waals surface area contributed by atoms with Crippen molar-refractivity contribution in [2.75, 3.05) is 6.54 Å². The first-order valence-corrected chi connectivity index (χ1v) is 5.40. The number of nitrogens with one attached hydrogen (secondary N) is 2. The molecule has 1 spiro atoms. The third-order valence-corrected chi connectivity index (χ3v) is 3.33. The molecule has 2 N–H and O–H groups in total. The first kappa shape index (κ1) is 8.92. The van der Waals surface area contributed by atoms with Crippen molar-refractivity contribution in [1.82, 2.24) is 10.6 Å². The normalized spacial score (nSPS) is 27.5. The number of rotatable bonds is 1. The number of carbonyl (C=O) groups is 1. The Kier molecular flexibility index (Phi) is 1.83. The highest BCUT2D eigenvalue weighted by Crippen LogP contribution is 2.46. The Morgan fingerprint density at radius 3 is 2.60 bits per heavy atom. The van der Waals surface area contributed by atoms with E-state index in [1.807, 2.05) is 18.2 Å². The summed E-state index contributed by atoms with van der Waals surface area (Å²) in [6, 6.07) is 10.6. The molecule has 1 saturated carbocycles. The predicted octanol–water partition coefficient (Wildman–Crippen LogP) is 0.980. The van der Waals surface area contributed by atoms with E-state index < -0.39 is 0 Å². The third kappa shape index (κ3) is 1.43. The van der Waals surface area contributed by atoms with E-state index in [9.17, 15) is 4.79 Å². The maximum absolute atomic E-state index is 11.3. The molecule has 0 aromatic heterocycles. The van der Waals surface area contributed by atoms with Crippen LogP contribution in [0.4, 0.5) is 0 Å². The van der Waals surface area contributed by atoms with Gasteiger partial charge in [-0.15, -0.1) is 0 Å². The second-order valence-electron chi connectivity index (χ2n) is 4.43. The van der Waals surface area contributed by atoms with Gasteiger partial charge in [0.25, 0.3) is 0 Å². The maximum atomic E-state index is 11.3. The van der Waals surface area contributed by atoms with Gasteiger partial charge in [-0.1, -0.05) is 30.3 Å². The quantitative estimate of drug-likeness (QED) is 0.712. The van der Waals surface area contributed by atoms with E-state index >= 15 is 0 Å². The molecule has 15 heavy (non-hydrogen) atoms. The Labute approximate surface area is 88.9 Å². The smallest absolute Gasteiger partial charge is 0.234 e. The van der Waals surface area contributed by atoms with Crippen molar-refractivity contribution < 1.29 is 4.79 Å². The van der Waals surface area contributed by atoms with Gasteiger partial charge in [-0.05, 0) is 18.4 Å². The van der Waals surface area contributed by atoms with Crippen LogP contribution in [0, 0.1) is 0 Å². The highest BCUT2D eigenvalue weighted by Gasteiger charge is 2.53. The molecule has 1 aliphatic heterocycles. The van der Waals surface area contributed by atoms with Crippen LogP contribution in [0.5, 0.6) is 0 Å². The van der Waals surface area contributed by atoms with Gasteiger partial charge in [0.05, 0.1) is 18.1 Å². The Bertz CT molecular complexity index is 384. The van der Waals surface area contributed by atoms with Crippen LogP contribution in [-0.4, -0.2) is 18.0 Å². The van der Waals surface area contributed by atoms with Gasteiger partial charge in [0.1, 0.15) is 0 Å². The molecule has 1 amide bonds. The van der Waals surface area contributed by atoms with Gasteiger partial charge in [0.2, 0.25) is 5.91 Å². The number of hydrogen-bond acceptors (Lipinski definition) is 2. The predicted molar refractivity (Wildman–Crippen MR) is 57.3 cm³/mol. The van der Waals surface area contributed by atoms with Gasteiger partial charge in [-0.25, -0.2) is 0 Å². The van der Waals surface area contributed by atoms with Gasteiger partial charge < -0.3 is 5.32 Å². The van der Waals surface area contributed by atoms with Crippen LogP contribution in [0.3, 0.4) is 0 Å². The molecule has 3 rings (SSSR count). The fourth-order valence-electron chi connectivity index (χ4n) is 2.41. The average Bonchev–Trinajstić information content (AvgIpc) is 2.99. The lowest BCUT2D eigenvalue weighted by Crippen LogP contribution is -2.55. The first-order valence-electron chi connectivity index (χ1n) is 5.40. The summed E-state index contributed by atoms with van der Waals surface area (Å²) in [6.07, 6.45) is 2.18. The fraction of sp³-hybridized carbons (Fsp3) is 0.417. The lowest BCUT2D eigenvalue weighted by atomic mass is 9.95. The number of carbonyl (C=O) groups excluding carboxylic acids is 1. The molecule has 1 atom stereocenters. The highest BCUT2D eigenvalue weighted by molar-refractivity contribution is 5.80. The second-order valence-corrected chi connectivity index (χ2v) is 4.43. The summed E-state index contributed by atoms with van der Waals surface area (Å²) in [7, 11) is 0. The van der Waals surface area contributed by atoms with Gasteiger partial charge in [-0.3, -0.25) is 10.1 Å². The summed E-state index contributed by atoms with van der Waals surface area (Å²) < 4.78 is 0. The minimum absolute atomic E-state index is 0.0106. The van der Waals surface area contributed by atoms with Crippen molar-refractivity contribution in [3.63, 3.8) is 0 Å². The molecule has 0 radical (unpaired) electrons. The van der Waals surface area contributed by atoms with Crippen molar-refractivity contribution in [2.24, 2.45) is 0 Å². The van der Waals surface area contributed by atoms with E-state index in [-0.39, 0.29) is 17.5 Å². The van der Waals surface area contributed by atoms with E-state index in [0.29, 0.717) is 6.54 Å². The highest BCUT2D eigenvalue weighted by atomic mass is 16.2. The van der Waals surface area contributed by atoms with Crippen LogP contribution >= 0.6 is 0 Å². The SMILES string of the molecule is O=C1CNC(c2ccccc2)C2(CC2)N1. The van der Waals surface area contributed by atoms with Gasteiger partial charge in [0, 0.05) is 0 Å². The van der Waals surface area contributed by atoms with Gasteiger partial charge >= 0.3 is 0 Å². The Balaban J connectivity index is 1.90. The summed E-state index contributed by atoms with van der Waals surface area (Å²) >= 11 is 0. The average molecular weight is 202 g/mol. The minimum Gasteiger partial charge on any atom is -0.348 e. The van der Waals surface area contributed by atoms with Crippen LogP contribution in [0.2, 0.25) is 0 Å². The van der Waals surface area contributed by atoms with E-state index in [1.54, 1.807) is 0 Å². The van der Waals surface area contributed by atoms with Crippen LogP contribution in [0.15, 0.2) is 30.3 Å². The minimum atomic E-state index is 0.0106. The molecule has 2 fully saturated rings. The lowest BCUT2D eigenvalue weighted by Gasteiger charge is -2.34. The van der Waals surface area contributed by atoms with Crippen molar-refractivity contribution in [3.05, 3.63) is 35.9 Å². The van der Waals surface area contributed by atoms with E-state index in [2.05, 4.69) is 22.8 Å². The Hall–Kier alpha value is -1.35. The molecule has 1 aromatic rings. The maximum Gasteiger partial charge on any atom is 0.234 e. The Morgan fingerprint density at radius 1 is 1.20 bits per heavy atom. The van der Waals surface area contributed by atoms with Gasteiger partial charge in [0.15, 0.2) is 0 Å². The summed E-state index contributed by atoms with van der Waals surface area (Å²) in [5.74, 6) is 0.125. The topological polar surface area (TPSA) is 41.1 Å². The summed E-state index contributed by atoms with van der Waals surface area (Å²) in [6.45, 7) is 0.432. The van der Waals surface area contributed by atoms with Crippen LogP contribution in [0.25, 0.3) is 0 Å². The third-order valence-electron chi connectivity index (χ3n) is 3.33. The van der Waals surface area contributed by atoms with Crippen molar-refractivity contribution in [2.45, 2.75) is 24.4 Å². The lowest BCUT2D eigenvalue weighted by molar-refractivity contribution is -0.123. The summed E-state index contributed by atoms with van der Waals surface area (Å²) in [5, 5.41) is 6.44. The molecule has 1 heterocycles. The molecule has 2 aliphatic rings. The molecule has 78 valence electrons. The summed E-state index contributed by atoms with van der Waals surface area (Å²) in [5.41, 5.74) is 1.28. The molecule has 1 unspecified atom stereocenters. The molecular formula is C12H14N2O. The van der Waals surface area contributed by atoms with E-state index in [0.717, 1.165) is 12.8 Å². The summed E-state index contributed by atoms with van der Waals surface area (Å²) in [4.78, 5) is 11.3. The second kappa shape index (κ2) is 3.07. The largest absolute Gasteiger partial charge is 0.348 e. The zero-order valence-corrected chi connectivity index (χ0v) is 8.49. The Morgan fingerprint density at radius 2 is 1.93 bits per heavy atom.